The molecule has 1 aliphatic rings. The largest absolute Gasteiger partial charge is 0.442 e. The van der Waals surface area contributed by atoms with Crippen LogP contribution in [0.25, 0.3) is 11.1 Å². The van der Waals surface area contributed by atoms with Crippen LogP contribution in [-0.2, 0) is 7.05 Å². The second-order valence-electron chi connectivity index (χ2n) is 5.23. The maximum Gasteiger partial charge on any atom is 0.265 e. The van der Waals surface area contributed by atoms with Crippen LogP contribution >= 0.6 is 0 Å². The van der Waals surface area contributed by atoms with Gasteiger partial charge in [0.05, 0.1) is 5.56 Å². The van der Waals surface area contributed by atoms with Gasteiger partial charge in [-0.2, -0.15) is 0 Å². The first kappa shape index (κ1) is 12.9. The number of nitrogens with zero attached hydrogens (tertiary/aromatic N) is 3. The lowest BCUT2D eigenvalue weighted by Gasteiger charge is -2.26. The van der Waals surface area contributed by atoms with E-state index < -0.39 is 0 Å². The molecule has 2 aromatic rings. The van der Waals surface area contributed by atoms with Gasteiger partial charge < -0.3 is 13.9 Å². The van der Waals surface area contributed by atoms with Gasteiger partial charge in [-0.3, -0.25) is 9.59 Å². The van der Waals surface area contributed by atoms with E-state index in [1.165, 1.54) is 10.9 Å². The lowest BCUT2D eigenvalue weighted by atomic mass is 10.1. The lowest BCUT2D eigenvalue weighted by Crippen LogP contribution is -2.36. The highest BCUT2D eigenvalue weighted by Crippen LogP contribution is 2.23. The molecule has 6 heteroatoms. The van der Waals surface area contributed by atoms with E-state index in [0.717, 1.165) is 32.4 Å². The molecule has 20 heavy (non-hydrogen) atoms. The zero-order valence-corrected chi connectivity index (χ0v) is 11.7. The molecular formula is C14H17N3O3. The molecule has 0 atom stereocenters. The summed E-state index contributed by atoms with van der Waals surface area (Å²) in [7, 11) is 1.62. The van der Waals surface area contributed by atoms with Crippen molar-refractivity contribution in [2.24, 2.45) is 7.05 Å². The van der Waals surface area contributed by atoms with Crippen LogP contribution in [0.5, 0.6) is 0 Å². The van der Waals surface area contributed by atoms with Gasteiger partial charge in [0.1, 0.15) is 17.5 Å². The van der Waals surface area contributed by atoms with Gasteiger partial charge in [0.15, 0.2) is 0 Å². The number of hydrogen-bond donors (Lipinski definition) is 0. The molecule has 1 amide bonds. The minimum atomic E-state index is -0.243. The summed E-state index contributed by atoms with van der Waals surface area (Å²) in [6, 6.07) is 0. The van der Waals surface area contributed by atoms with Crippen molar-refractivity contribution in [3.05, 3.63) is 28.0 Å². The fraction of sp³-hybridized carbons (Fsp3) is 0.500. The van der Waals surface area contributed by atoms with Crippen LogP contribution in [0.4, 0.5) is 0 Å². The molecule has 2 aromatic heterocycles. The molecule has 0 N–H and O–H groups in total. The van der Waals surface area contributed by atoms with Crippen molar-refractivity contribution >= 4 is 17.0 Å². The first-order valence-electron chi connectivity index (χ1n) is 6.83. The van der Waals surface area contributed by atoms with Crippen molar-refractivity contribution in [3.8, 4) is 0 Å². The second-order valence-corrected chi connectivity index (χ2v) is 5.23. The summed E-state index contributed by atoms with van der Waals surface area (Å²) in [5, 5.41) is 0.295. The number of furan rings is 1. The zero-order chi connectivity index (χ0) is 14.3. The molecule has 6 nitrogen and oxygen atoms in total. The van der Waals surface area contributed by atoms with Crippen LogP contribution in [0.3, 0.4) is 0 Å². The molecular weight excluding hydrogens is 258 g/mol. The summed E-state index contributed by atoms with van der Waals surface area (Å²) in [5.74, 6) is 0.345. The number of carbonyl (C=O) groups is 1. The molecule has 1 aliphatic heterocycles. The molecule has 0 aromatic carbocycles. The van der Waals surface area contributed by atoms with Gasteiger partial charge in [-0.05, 0) is 26.2 Å². The van der Waals surface area contributed by atoms with E-state index in [0.29, 0.717) is 16.7 Å². The number of amides is 1. The molecule has 0 unspecified atom stereocenters. The number of likely N-dealkylation sites (tertiary alicyclic amines) is 1. The zero-order valence-electron chi connectivity index (χ0n) is 11.7. The van der Waals surface area contributed by atoms with Crippen molar-refractivity contribution in [1.82, 2.24) is 14.5 Å². The Morgan fingerprint density at radius 2 is 2.00 bits per heavy atom. The van der Waals surface area contributed by atoms with E-state index in [2.05, 4.69) is 4.98 Å². The maximum atomic E-state index is 12.6. The molecule has 0 aliphatic carbocycles. The quantitative estimate of drug-likeness (QED) is 0.790. The number of hydrogen-bond acceptors (Lipinski definition) is 4. The number of piperidine rings is 1. The number of rotatable bonds is 1. The van der Waals surface area contributed by atoms with Crippen molar-refractivity contribution < 1.29 is 9.21 Å². The summed E-state index contributed by atoms with van der Waals surface area (Å²) >= 11 is 0. The van der Waals surface area contributed by atoms with E-state index in [1.54, 1.807) is 18.9 Å². The Morgan fingerprint density at radius 1 is 1.30 bits per heavy atom. The molecule has 3 rings (SSSR count). The van der Waals surface area contributed by atoms with Gasteiger partial charge in [0, 0.05) is 20.1 Å². The summed E-state index contributed by atoms with van der Waals surface area (Å²) in [5.41, 5.74) is 0.369. The Bertz CT molecular complexity index is 723. The third-order valence-electron chi connectivity index (χ3n) is 3.81. The molecule has 0 radical (unpaired) electrons. The molecule has 0 saturated carbocycles. The summed E-state index contributed by atoms with van der Waals surface area (Å²) in [6.45, 7) is 3.19. The van der Waals surface area contributed by atoms with Gasteiger partial charge in [0.25, 0.3) is 11.5 Å². The summed E-state index contributed by atoms with van der Waals surface area (Å²) in [4.78, 5) is 30.8. The fourth-order valence-electron chi connectivity index (χ4n) is 2.70. The van der Waals surface area contributed by atoms with E-state index in [-0.39, 0.29) is 17.2 Å². The van der Waals surface area contributed by atoms with E-state index in [9.17, 15) is 9.59 Å². The van der Waals surface area contributed by atoms with Gasteiger partial charge >= 0.3 is 0 Å². The van der Waals surface area contributed by atoms with Crippen molar-refractivity contribution in [2.75, 3.05) is 13.1 Å². The van der Waals surface area contributed by atoms with Crippen LogP contribution < -0.4 is 5.56 Å². The predicted molar refractivity (Wildman–Crippen MR) is 73.7 cm³/mol. The Labute approximate surface area is 116 Å². The smallest absolute Gasteiger partial charge is 0.265 e. The monoisotopic (exact) mass is 275 g/mol. The van der Waals surface area contributed by atoms with Crippen LogP contribution in [0, 0.1) is 6.92 Å². The third kappa shape index (κ3) is 1.92. The van der Waals surface area contributed by atoms with Crippen molar-refractivity contribution in [1.29, 1.82) is 0 Å². The van der Waals surface area contributed by atoms with Gasteiger partial charge in [-0.25, -0.2) is 4.98 Å². The SMILES string of the molecule is Cc1oc2ncn(C)c(=O)c2c1C(=O)N1CCCCC1. The van der Waals surface area contributed by atoms with Gasteiger partial charge in [-0.15, -0.1) is 0 Å². The average Bonchev–Trinajstić information content (AvgIpc) is 2.80. The Kier molecular flexibility index (Phi) is 3.08. The number of aryl methyl sites for hydroxylation is 2. The highest BCUT2D eigenvalue weighted by Gasteiger charge is 2.27. The molecule has 106 valence electrons. The Hall–Kier alpha value is -2.11. The Morgan fingerprint density at radius 3 is 2.70 bits per heavy atom. The van der Waals surface area contributed by atoms with Crippen LogP contribution in [0.2, 0.25) is 0 Å². The predicted octanol–water partition coefficient (Wildman–Crippen LogP) is 1.46. The summed E-state index contributed by atoms with van der Waals surface area (Å²) in [6.07, 6.45) is 4.58. The maximum absolute atomic E-state index is 12.6. The molecule has 1 saturated heterocycles. The molecule has 1 fully saturated rings. The molecule has 0 bridgehead atoms. The number of carbonyl (C=O) groups excluding carboxylic acids is 1. The van der Waals surface area contributed by atoms with E-state index >= 15 is 0 Å². The summed E-state index contributed by atoms with van der Waals surface area (Å²) < 4.78 is 6.84. The minimum Gasteiger partial charge on any atom is -0.442 e. The van der Waals surface area contributed by atoms with Crippen LogP contribution in [0.1, 0.15) is 35.4 Å². The van der Waals surface area contributed by atoms with Crippen LogP contribution in [0.15, 0.2) is 15.5 Å². The highest BCUT2D eigenvalue weighted by atomic mass is 16.3. The molecule has 3 heterocycles. The number of aromatic nitrogens is 2. The first-order chi connectivity index (χ1) is 9.59. The average molecular weight is 275 g/mol. The standard InChI is InChI=1S/C14H17N3O3/c1-9-10(14(19)17-6-4-3-5-7-17)11-12(20-9)15-8-16(2)13(11)18/h8H,3-7H2,1-2H3. The second kappa shape index (κ2) is 4.77. The van der Waals surface area contributed by atoms with Gasteiger partial charge in [-0.1, -0.05) is 0 Å². The normalized spacial score (nSPS) is 15.8. The highest BCUT2D eigenvalue weighted by molar-refractivity contribution is 6.06. The third-order valence-corrected chi connectivity index (χ3v) is 3.81. The van der Waals surface area contributed by atoms with Crippen molar-refractivity contribution in [2.45, 2.75) is 26.2 Å². The minimum absolute atomic E-state index is 0.119. The van der Waals surface area contributed by atoms with E-state index in [4.69, 9.17) is 4.42 Å². The molecule has 0 spiro atoms. The van der Waals surface area contributed by atoms with Gasteiger partial charge in [0.2, 0.25) is 5.71 Å². The topological polar surface area (TPSA) is 68.3 Å². The fourth-order valence-corrected chi connectivity index (χ4v) is 2.70. The first-order valence-corrected chi connectivity index (χ1v) is 6.83. The lowest BCUT2D eigenvalue weighted by molar-refractivity contribution is 0.0724. The van der Waals surface area contributed by atoms with E-state index in [1.807, 2.05) is 0 Å². The Balaban J connectivity index is 2.15. The van der Waals surface area contributed by atoms with Crippen LogP contribution in [-0.4, -0.2) is 33.4 Å². The van der Waals surface area contributed by atoms with Crippen molar-refractivity contribution in [3.63, 3.8) is 0 Å². The number of fused-ring (bicyclic) bond motifs is 1.